The van der Waals surface area contributed by atoms with E-state index in [-0.39, 0.29) is 5.54 Å². The normalized spacial score (nSPS) is 33.9. The van der Waals surface area contributed by atoms with Crippen LogP contribution in [-0.4, -0.2) is 18.6 Å². The molecule has 110 valence electrons. The van der Waals surface area contributed by atoms with Crippen molar-refractivity contribution in [1.29, 1.82) is 0 Å². The molecule has 0 aromatic heterocycles. The van der Waals surface area contributed by atoms with Crippen LogP contribution in [0.1, 0.15) is 45.1 Å². The van der Waals surface area contributed by atoms with Crippen molar-refractivity contribution in [2.24, 2.45) is 17.6 Å². The van der Waals surface area contributed by atoms with Gasteiger partial charge >= 0.3 is 0 Å². The van der Waals surface area contributed by atoms with Crippen molar-refractivity contribution in [2.45, 2.75) is 51.5 Å². The average Bonchev–Trinajstić information content (AvgIpc) is 2.45. The van der Waals surface area contributed by atoms with Crippen LogP contribution in [0, 0.1) is 11.8 Å². The number of para-hydroxylation sites is 1. The van der Waals surface area contributed by atoms with Crippen LogP contribution < -0.4 is 10.6 Å². The van der Waals surface area contributed by atoms with Crippen LogP contribution in [0.4, 0.5) is 5.69 Å². The molecule has 0 spiro atoms. The van der Waals surface area contributed by atoms with Gasteiger partial charge in [-0.1, -0.05) is 32.0 Å². The minimum Gasteiger partial charge on any atom is -0.364 e. The minimum atomic E-state index is 0.188. The average molecular weight is 272 g/mol. The lowest BCUT2D eigenvalue weighted by molar-refractivity contribution is 0.175. The number of hydrogen-bond acceptors (Lipinski definition) is 2. The summed E-state index contributed by atoms with van der Waals surface area (Å²) < 4.78 is 0. The van der Waals surface area contributed by atoms with E-state index in [1.165, 1.54) is 49.9 Å². The molecule has 2 atom stereocenters. The fourth-order valence-electron chi connectivity index (χ4n) is 4.76. The van der Waals surface area contributed by atoms with Crippen molar-refractivity contribution in [2.75, 3.05) is 18.0 Å². The van der Waals surface area contributed by atoms with Crippen LogP contribution in [0.2, 0.25) is 0 Å². The Bertz CT molecular complexity index is 458. The number of fused-ring (bicyclic) bond motifs is 1. The summed E-state index contributed by atoms with van der Waals surface area (Å²) in [6.45, 7) is 6.76. The molecule has 1 aliphatic heterocycles. The minimum absolute atomic E-state index is 0.188. The van der Waals surface area contributed by atoms with Gasteiger partial charge in [0.25, 0.3) is 0 Å². The monoisotopic (exact) mass is 272 g/mol. The highest BCUT2D eigenvalue weighted by Crippen LogP contribution is 2.43. The smallest absolute Gasteiger partial charge is 0.0529 e. The standard InChI is InChI=1S/C18H28N2/c1-14-10-15(2)12-18(11-14,13-19)20-9-5-7-16-6-3-4-8-17(16)20/h3-4,6,8,14-15H,5,7,9-13,19H2,1-2H3. The molecular formula is C18H28N2. The van der Waals surface area contributed by atoms with E-state index in [0.717, 1.165) is 18.4 Å². The van der Waals surface area contributed by atoms with Gasteiger partial charge in [0, 0.05) is 18.8 Å². The highest BCUT2D eigenvalue weighted by molar-refractivity contribution is 5.57. The van der Waals surface area contributed by atoms with Gasteiger partial charge in [-0.15, -0.1) is 0 Å². The van der Waals surface area contributed by atoms with Gasteiger partial charge < -0.3 is 10.6 Å². The molecule has 1 saturated carbocycles. The van der Waals surface area contributed by atoms with Gasteiger partial charge in [-0.3, -0.25) is 0 Å². The maximum atomic E-state index is 6.31. The molecule has 1 fully saturated rings. The largest absolute Gasteiger partial charge is 0.364 e. The Kier molecular flexibility index (Phi) is 3.76. The maximum Gasteiger partial charge on any atom is 0.0529 e. The fourth-order valence-corrected chi connectivity index (χ4v) is 4.76. The number of nitrogens with zero attached hydrogens (tertiary/aromatic N) is 1. The Morgan fingerprint density at radius 3 is 2.60 bits per heavy atom. The lowest BCUT2D eigenvalue weighted by atomic mass is 9.70. The molecule has 2 nitrogen and oxygen atoms in total. The van der Waals surface area contributed by atoms with E-state index in [2.05, 4.69) is 43.0 Å². The summed E-state index contributed by atoms with van der Waals surface area (Å²) in [6.07, 6.45) is 6.35. The van der Waals surface area contributed by atoms with Gasteiger partial charge in [0.05, 0.1) is 5.54 Å². The van der Waals surface area contributed by atoms with Gasteiger partial charge in [-0.2, -0.15) is 0 Å². The Morgan fingerprint density at radius 1 is 1.20 bits per heavy atom. The molecular weight excluding hydrogens is 244 g/mol. The third kappa shape index (κ3) is 2.35. The Hall–Kier alpha value is -1.02. The van der Waals surface area contributed by atoms with Gasteiger partial charge in [-0.25, -0.2) is 0 Å². The molecule has 2 unspecified atom stereocenters. The molecule has 2 heteroatoms. The van der Waals surface area contributed by atoms with E-state index in [1.54, 1.807) is 0 Å². The molecule has 3 rings (SSSR count). The lowest BCUT2D eigenvalue weighted by Gasteiger charge is -2.52. The summed E-state index contributed by atoms with van der Waals surface area (Å²) in [7, 11) is 0. The van der Waals surface area contributed by atoms with Crippen LogP contribution in [0.15, 0.2) is 24.3 Å². The van der Waals surface area contributed by atoms with E-state index in [4.69, 9.17) is 5.73 Å². The lowest BCUT2D eigenvalue weighted by Crippen LogP contribution is -2.59. The van der Waals surface area contributed by atoms with Gasteiger partial charge in [0.2, 0.25) is 0 Å². The molecule has 20 heavy (non-hydrogen) atoms. The summed E-state index contributed by atoms with van der Waals surface area (Å²) >= 11 is 0. The van der Waals surface area contributed by atoms with Crippen molar-refractivity contribution < 1.29 is 0 Å². The molecule has 2 N–H and O–H groups in total. The number of hydrogen-bond donors (Lipinski definition) is 1. The molecule has 0 amide bonds. The van der Waals surface area contributed by atoms with Crippen LogP contribution in [0.25, 0.3) is 0 Å². The van der Waals surface area contributed by atoms with E-state index >= 15 is 0 Å². The summed E-state index contributed by atoms with van der Waals surface area (Å²) in [6, 6.07) is 8.94. The molecule has 1 aromatic rings. The van der Waals surface area contributed by atoms with Crippen molar-refractivity contribution in [3.05, 3.63) is 29.8 Å². The highest BCUT2D eigenvalue weighted by Gasteiger charge is 2.42. The molecule has 0 saturated heterocycles. The molecule has 1 aliphatic carbocycles. The van der Waals surface area contributed by atoms with Crippen molar-refractivity contribution in [3.63, 3.8) is 0 Å². The first kappa shape index (κ1) is 13.9. The van der Waals surface area contributed by atoms with E-state index in [9.17, 15) is 0 Å². The van der Waals surface area contributed by atoms with Crippen molar-refractivity contribution in [1.82, 2.24) is 0 Å². The number of nitrogens with two attached hydrogens (primary N) is 1. The predicted octanol–water partition coefficient (Wildman–Crippen LogP) is 3.59. The molecule has 0 bridgehead atoms. The number of benzene rings is 1. The number of rotatable bonds is 2. The third-order valence-electron chi connectivity index (χ3n) is 5.32. The predicted molar refractivity (Wildman–Crippen MR) is 86.1 cm³/mol. The Morgan fingerprint density at radius 2 is 1.90 bits per heavy atom. The summed E-state index contributed by atoms with van der Waals surface area (Å²) in [4.78, 5) is 2.66. The van der Waals surface area contributed by atoms with Crippen LogP contribution in [-0.2, 0) is 6.42 Å². The molecule has 1 heterocycles. The third-order valence-corrected chi connectivity index (χ3v) is 5.32. The SMILES string of the molecule is CC1CC(C)CC(CN)(N2CCCc3ccccc32)C1. The van der Waals surface area contributed by atoms with Gasteiger partial charge in [0.1, 0.15) is 0 Å². The highest BCUT2D eigenvalue weighted by atomic mass is 15.2. The fraction of sp³-hybridized carbons (Fsp3) is 0.667. The first-order valence-corrected chi connectivity index (χ1v) is 8.20. The van der Waals surface area contributed by atoms with Crippen molar-refractivity contribution >= 4 is 5.69 Å². The molecule has 2 aliphatic rings. The molecule has 1 aromatic carbocycles. The van der Waals surface area contributed by atoms with E-state index in [0.29, 0.717) is 0 Å². The second-order valence-corrected chi connectivity index (χ2v) is 7.17. The van der Waals surface area contributed by atoms with Crippen LogP contribution in [0.5, 0.6) is 0 Å². The maximum absolute atomic E-state index is 6.31. The summed E-state index contributed by atoms with van der Waals surface area (Å²) in [5.74, 6) is 1.58. The second-order valence-electron chi connectivity index (χ2n) is 7.17. The Balaban J connectivity index is 1.98. The van der Waals surface area contributed by atoms with Gasteiger partial charge in [-0.05, 0) is 55.6 Å². The second kappa shape index (κ2) is 5.40. The zero-order valence-corrected chi connectivity index (χ0v) is 12.9. The quantitative estimate of drug-likeness (QED) is 0.891. The zero-order chi connectivity index (χ0) is 14.2. The summed E-state index contributed by atoms with van der Waals surface area (Å²) in [5, 5.41) is 0. The van der Waals surface area contributed by atoms with Crippen molar-refractivity contribution in [3.8, 4) is 0 Å². The van der Waals surface area contributed by atoms with Crippen LogP contribution >= 0.6 is 0 Å². The number of aryl methyl sites for hydroxylation is 1. The topological polar surface area (TPSA) is 29.3 Å². The van der Waals surface area contributed by atoms with Crippen LogP contribution in [0.3, 0.4) is 0 Å². The van der Waals surface area contributed by atoms with E-state index in [1.807, 2.05) is 0 Å². The molecule has 0 radical (unpaired) electrons. The first-order valence-electron chi connectivity index (χ1n) is 8.20. The number of anilines is 1. The summed E-state index contributed by atoms with van der Waals surface area (Å²) in [5.41, 5.74) is 9.46. The first-order chi connectivity index (χ1) is 9.64. The van der Waals surface area contributed by atoms with Gasteiger partial charge in [0.15, 0.2) is 0 Å². The van der Waals surface area contributed by atoms with E-state index < -0.39 is 0 Å². The zero-order valence-electron chi connectivity index (χ0n) is 12.9. The Labute approximate surface area is 123 Å².